The van der Waals surface area contributed by atoms with Gasteiger partial charge in [-0.2, -0.15) is 0 Å². The first kappa shape index (κ1) is 20.1. The van der Waals surface area contributed by atoms with Crippen molar-refractivity contribution < 1.29 is 4.74 Å². The lowest BCUT2D eigenvalue weighted by Gasteiger charge is -2.16. The van der Waals surface area contributed by atoms with E-state index in [0.717, 1.165) is 11.3 Å². The Morgan fingerprint density at radius 1 is 1.17 bits per heavy atom. The van der Waals surface area contributed by atoms with Crippen molar-refractivity contribution in [2.45, 2.75) is 71.1 Å². The number of benzene rings is 1. The van der Waals surface area contributed by atoms with Crippen LogP contribution in [0.2, 0.25) is 0 Å². The van der Waals surface area contributed by atoms with Crippen LogP contribution in [0.5, 0.6) is 5.75 Å². The number of nitrogens with zero attached hydrogens (tertiary/aromatic N) is 1. The minimum Gasteiger partial charge on any atom is -0.491 e. The molecule has 0 spiro atoms. The molecule has 0 bridgehead atoms. The summed E-state index contributed by atoms with van der Waals surface area (Å²) in [6.07, 6.45) is 7.89. The molecule has 1 fully saturated rings. The first-order valence-corrected chi connectivity index (χ1v) is 8.45. The standard InChI is InChI=1S/C18H29N3O.HI/c1-14(2)22-17-11-9-15(10-12-17)13-20-18(19)21-16-7-5-3-4-6-8-16;/h9-12,14,16H,3-8,13H2,1-2H3,(H3,19,20,21);1H. The van der Waals surface area contributed by atoms with Crippen molar-refractivity contribution in [3.8, 4) is 5.75 Å². The molecule has 0 amide bonds. The summed E-state index contributed by atoms with van der Waals surface area (Å²) in [5, 5.41) is 3.37. The molecule has 0 unspecified atom stereocenters. The SMILES string of the molecule is CC(C)Oc1ccc(CN=C(N)NC2CCCCCC2)cc1.I. The number of hydrogen-bond acceptors (Lipinski definition) is 2. The summed E-state index contributed by atoms with van der Waals surface area (Å²) < 4.78 is 5.63. The quantitative estimate of drug-likeness (QED) is 0.318. The van der Waals surface area contributed by atoms with E-state index in [-0.39, 0.29) is 30.1 Å². The highest BCUT2D eigenvalue weighted by molar-refractivity contribution is 14.0. The third-order valence-corrected chi connectivity index (χ3v) is 3.93. The fraction of sp³-hybridized carbons (Fsp3) is 0.611. The van der Waals surface area contributed by atoms with Crippen LogP contribution in [0.1, 0.15) is 57.9 Å². The maximum Gasteiger partial charge on any atom is 0.189 e. The van der Waals surface area contributed by atoms with Crippen LogP contribution < -0.4 is 15.8 Å². The molecule has 1 aromatic carbocycles. The van der Waals surface area contributed by atoms with Crippen molar-refractivity contribution in [2.24, 2.45) is 10.7 Å². The highest BCUT2D eigenvalue weighted by Gasteiger charge is 2.12. The summed E-state index contributed by atoms with van der Waals surface area (Å²) in [6.45, 7) is 4.66. The maximum atomic E-state index is 6.01. The molecule has 130 valence electrons. The Bertz CT molecular complexity index is 466. The van der Waals surface area contributed by atoms with E-state index >= 15 is 0 Å². The number of ether oxygens (including phenoxy) is 1. The van der Waals surface area contributed by atoms with E-state index < -0.39 is 0 Å². The van der Waals surface area contributed by atoms with Crippen molar-refractivity contribution >= 4 is 29.9 Å². The number of guanidine groups is 1. The second kappa shape index (κ2) is 10.7. The van der Waals surface area contributed by atoms with Gasteiger partial charge in [0.05, 0.1) is 12.6 Å². The summed E-state index contributed by atoms with van der Waals surface area (Å²) >= 11 is 0. The van der Waals surface area contributed by atoms with E-state index in [1.54, 1.807) is 0 Å². The van der Waals surface area contributed by atoms with Crippen LogP contribution in [-0.4, -0.2) is 18.1 Å². The summed E-state index contributed by atoms with van der Waals surface area (Å²) in [5.74, 6) is 1.46. The minimum absolute atomic E-state index is 0. The fourth-order valence-corrected chi connectivity index (χ4v) is 2.80. The van der Waals surface area contributed by atoms with Crippen molar-refractivity contribution in [3.05, 3.63) is 29.8 Å². The van der Waals surface area contributed by atoms with Gasteiger partial charge in [0.2, 0.25) is 0 Å². The van der Waals surface area contributed by atoms with E-state index in [0.29, 0.717) is 18.5 Å². The number of hydrogen-bond donors (Lipinski definition) is 2. The number of aliphatic imine (C=N–C) groups is 1. The molecule has 1 aliphatic carbocycles. The topological polar surface area (TPSA) is 59.6 Å². The van der Waals surface area contributed by atoms with Gasteiger partial charge in [-0.15, -0.1) is 24.0 Å². The molecule has 23 heavy (non-hydrogen) atoms. The Labute approximate surface area is 157 Å². The summed E-state index contributed by atoms with van der Waals surface area (Å²) in [4.78, 5) is 4.45. The van der Waals surface area contributed by atoms with Crippen molar-refractivity contribution in [3.63, 3.8) is 0 Å². The summed E-state index contributed by atoms with van der Waals surface area (Å²) in [7, 11) is 0. The van der Waals surface area contributed by atoms with Gasteiger partial charge in [0.1, 0.15) is 5.75 Å². The Morgan fingerprint density at radius 2 is 1.78 bits per heavy atom. The average molecular weight is 431 g/mol. The van der Waals surface area contributed by atoms with Gasteiger partial charge in [0, 0.05) is 6.04 Å². The molecule has 5 heteroatoms. The molecule has 0 saturated heterocycles. The molecule has 3 N–H and O–H groups in total. The molecule has 1 aliphatic rings. The molecule has 1 aromatic rings. The van der Waals surface area contributed by atoms with Gasteiger partial charge in [-0.05, 0) is 44.4 Å². The molecule has 0 radical (unpaired) electrons. The zero-order valence-corrected chi connectivity index (χ0v) is 16.6. The third kappa shape index (κ3) is 7.90. The van der Waals surface area contributed by atoms with E-state index in [1.165, 1.54) is 38.5 Å². The van der Waals surface area contributed by atoms with Gasteiger partial charge in [-0.1, -0.05) is 37.8 Å². The molecule has 1 saturated carbocycles. The molecule has 0 aliphatic heterocycles. The smallest absolute Gasteiger partial charge is 0.189 e. The van der Waals surface area contributed by atoms with Crippen LogP contribution >= 0.6 is 24.0 Å². The molecule has 0 atom stereocenters. The van der Waals surface area contributed by atoms with Crippen LogP contribution in [0, 0.1) is 0 Å². The summed E-state index contributed by atoms with van der Waals surface area (Å²) in [5.41, 5.74) is 7.15. The molecule has 2 rings (SSSR count). The van der Waals surface area contributed by atoms with Gasteiger partial charge in [0.15, 0.2) is 5.96 Å². The second-order valence-electron chi connectivity index (χ2n) is 6.34. The van der Waals surface area contributed by atoms with Crippen LogP contribution in [0.4, 0.5) is 0 Å². The van der Waals surface area contributed by atoms with Crippen molar-refractivity contribution in [1.82, 2.24) is 5.32 Å². The fourth-order valence-electron chi connectivity index (χ4n) is 2.80. The zero-order valence-electron chi connectivity index (χ0n) is 14.3. The predicted octanol–water partition coefficient (Wildman–Crippen LogP) is 4.22. The second-order valence-corrected chi connectivity index (χ2v) is 6.34. The monoisotopic (exact) mass is 431 g/mol. The molecule has 4 nitrogen and oxygen atoms in total. The third-order valence-electron chi connectivity index (χ3n) is 3.93. The van der Waals surface area contributed by atoms with Crippen molar-refractivity contribution in [1.29, 1.82) is 0 Å². The Kier molecular flexibility index (Phi) is 9.36. The maximum absolute atomic E-state index is 6.01. The molecular weight excluding hydrogens is 401 g/mol. The van der Waals surface area contributed by atoms with E-state index in [2.05, 4.69) is 10.3 Å². The Hall–Kier alpha value is -0.980. The lowest BCUT2D eigenvalue weighted by atomic mass is 10.1. The van der Waals surface area contributed by atoms with Crippen LogP contribution in [0.25, 0.3) is 0 Å². The first-order valence-electron chi connectivity index (χ1n) is 8.45. The van der Waals surface area contributed by atoms with E-state index in [4.69, 9.17) is 10.5 Å². The van der Waals surface area contributed by atoms with Crippen LogP contribution in [0.3, 0.4) is 0 Å². The van der Waals surface area contributed by atoms with Gasteiger partial charge in [0.25, 0.3) is 0 Å². The molecule has 0 heterocycles. The Morgan fingerprint density at radius 3 is 2.35 bits per heavy atom. The number of rotatable bonds is 5. The number of nitrogens with one attached hydrogen (secondary N) is 1. The van der Waals surface area contributed by atoms with Crippen LogP contribution in [0.15, 0.2) is 29.3 Å². The number of nitrogens with two attached hydrogens (primary N) is 1. The van der Waals surface area contributed by atoms with Gasteiger partial charge in [-0.25, -0.2) is 4.99 Å². The molecular formula is C18H30IN3O. The average Bonchev–Trinajstić information content (AvgIpc) is 2.74. The van der Waals surface area contributed by atoms with E-state index in [9.17, 15) is 0 Å². The predicted molar refractivity (Wildman–Crippen MR) is 108 cm³/mol. The normalized spacial score (nSPS) is 16.6. The Balaban J connectivity index is 0.00000264. The largest absolute Gasteiger partial charge is 0.491 e. The minimum atomic E-state index is 0. The van der Waals surface area contributed by atoms with Gasteiger partial charge >= 0.3 is 0 Å². The van der Waals surface area contributed by atoms with Gasteiger partial charge in [-0.3, -0.25) is 0 Å². The van der Waals surface area contributed by atoms with Gasteiger partial charge < -0.3 is 15.8 Å². The first-order chi connectivity index (χ1) is 10.6. The number of halogens is 1. The van der Waals surface area contributed by atoms with E-state index in [1.807, 2.05) is 38.1 Å². The van der Waals surface area contributed by atoms with Crippen molar-refractivity contribution in [2.75, 3.05) is 0 Å². The highest BCUT2D eigenvalue weighted by atomic mass is 127. The zero-order chi connectivity index (χ0) is 15.8. The van der Waals surface area contributed by atoms with Crippen LogP contribution in [-0.2, 0) is 6.54 Å². The lowest BCUT2D eigenvalue weighted by Crippen LogP contribution is -2.39. The molecule has 0 aromatic heterocycles. The summed E-state index contributed by atoms with van der Waals surface area (Å²) in [6, 6.07) is 8.55. The highest BCUT2D eigenvalue weighted by Crippen LogP contribution is 2.17. The lowest BCUT2D eigenvalue weighted by molar-refractivity contribution is 0.242.